The number of Topliss-reactive ketones (excluding diaryl/α,β-unsaturated/α-hetero) is 1. The number of carbonyl (C=O) groups excluding carboxylic acids is 2. The summed E-state index contributed by atoms with van der Waals surface area (Å²) in [6.45, 7) is 0.527. The van der Waals surface area contributed by atoms with Crippen molar-refractivity contribution in [1.29, 1.82) is 0 Å². The molecule has 0 aliphatic carbocycles. The van der Waals surface area contributed by atoms with E-state index in [1.807, 2.05) is 0 Å². The van der Waals surface area contributed by atoms with Crippen LogP contribution in [0.15, 0.2) is 35.1 Å². The molecule has 0 spiro atoms. The predicted octanol–water partition coefficient (Wildman–Crippen LogP) is 1.16. The first-order valence-electron chi connectivity index (χ1n) is 6.44. The van der Waals surface area contributed by atoms with Crippen LogP contribution in [0.4, 0.5) is 0 Å². The summed E-state index contributed by atoms with van der Waals surface area (Å²) in [5.41, 5.74) is 0.676. The van der Waals surface area contributed by atoms with Gasteiger partial charge in [0.2, 0.25) is 5.91 Å². The van der Waals surface area contributed by atoms with Gasteiger partial charge in [-0.3, -0.25) is 19.4 Å². The van der Waals surface area contributed by atoms with Gasteiger partial charge in [-0.05, 0) is 12.1 Å². The summed E-state index contributed by atoms with van der Waals surface area (Å²) in [6.07, 6.45) is 2.63. The van der Waals surface area contributed by atoms with Gasteiger partial charge in [-0.15, -0.1) is 11.8 Å². The number of aromatic nitrogens is 1. The lowest BCUT2D eigenvalue weighted by atomic mass is 9.92. The summed E-state index contributed by atoms with van der Waals surface area (Å²) >= 11 is 1.43. The Labute approximate surface area is 124 Å². The molecule has 1 fully saturated rings. The second-order valence-corrected chi connectivity index (χ2v) is 5.86. The number of rotatable bonds is 4. The fourth-order valence-corrected chi connectivity index (χ4v) is 3.77. The van der Waals surface area contributed by atoms with E-state index in [-0.39, 0.29) is 18.1 Å². The molecule has 0 radical (unpaired) electrons. The summed E-state index contributed by atoms with van der Waals surface area (Å²) in [7, 11) is 0. The van der Waals surface area contributed by atoms with E-state index in [9.17, 15) is 14.4 Å². The Balaban J connectivity index is 2.03. The first-order chi connectivity index (χ1) is 10.1. The van der Waals surface area contributed by atoms with Crippen LogP contribution in [0.5, 0.6) is 0 Å². The van der Waals surface area contributed by atoms with Crippen LogP contribution in [0, 0.1) is 5.92 Å². The highest BCUT2D eigenvalue weighted by atomic mass is 32.2. The molecule has 7 heteroatoms. The molecule has 1 N–H and O–H groups in total. The molecule has 1 amide bonds. The quantitative estimate of drug-likeness (QED) is 0.840. The molecule has 1 saturated heterocycles. The molecule has 3 heterocycles. The van der Waals surface area contributed by atoms with Crippen molar-refractivity contribution in [2.24, 2.45) is 5.92 Å². The second-order valence-electron chi connectivity index (χ2n) is 4.78. The van der Waals surface area contributed by atoms with E-state index < -0.39 is 11.9 Å². The zero-order valence-corrected chi connectivity index (χ0v) is 11.8. The van der Waals surface area contributed by atoms with E-state index in [1.54, 1.807) is 18.3 Å². The van der Waals surface area contributed by atoms with Crippen molar-refractivity contribution >= 4 is 29.4 Å². The molecular formula is C14H12N2O4S. The van der Waals surface area contributed by atoms with Crippen LogP contribution in [-0.2, 0) is 9.59 Å². The highest BCUT2D eigenvalue weighted by Gasteiger charge is 2.45. The fraction of sp³-hybridized carbons (Fsp3) is 0.286. The van der Waals surface area contributed by atoms with Crippen LogP contribution in [0.2, 0.25) is 0 Å². The molecule has 0 saturated carbocycles. The minimum absolute atomic E-state index is 0.287. The Kier molecular flexibility index (Phi) is 3.50. The average molecular weight is 304 g/mol. The zero-order valence-electron chi connectivity index (χ0n) is 11.0. The number of pyridine rings is 1. The maximum absolute atomic E-state index is 12.6. The third kappa shape index (κ3) is 2.33. The summed E-state index contributed by atoms with van der Waals surface area (Å²) in [5, 5.41) is 9.61. The first-order valence-corrected chi connectivity index (χ1v) is 7.43. The molecule has 0 aromatic carbocycles. The monoisotopic (exact) mass is 304 g/mol. The lowest BCUT2D eigenvalue weighted by Gasteiger charge is -2.12. The fourth-order valence-electron chi connectivity index (χ4n) is 2.58. The van der Waals surface area contributed by atoms with Gasteiger partial charge < -0.3 is 10.0 Å². The number of carboxylic acid groups (broad SMARTS) is 1. The molecule has 2 aliphatic heterocycles. The molecule has 6 nitrogen and oxygen atoms in total. The Morgan fingerprint density at radius 1 is 1.48 bits per heavy atom. The van der Waals surface area contributed by atoms with Gasteiger partial charge in [0.15, 0.2) is 5.78 Å². The average Bonchev–Trinajstić information content (AvgIpc) is 3.03. The summed E-state index contributed by atoms with van der Waals surface area (Å²) in [6, 6.07) is 3.26. The number of hydrogen-bond acceptors (Lipinski definition) is 5. The van der Waals surface area contributed by atoms with Gasteiger partial charge in [-0.1, -0.05) is 0 Å². The molecule has 1 aromatic heterocycles. The van der Waals surface area contributed by atoms with Crippen molar-refractivity contribution in [2.75, 3.05) is 12.3 Å². The lowest BCUT2D eigenvalue weighted by molar-refractivity contribution is -0.141. The van der Waals surface area contributed by atoms with Crippen molar-refractivity contribution in [3.8, 4) is 0 Å². The van der Waals surface area contributed by atoms with E-state index in [4.69, 9.17) is 5.11 Å². The zero-order chi connectivity index (χ0) is 15.0. The highest BCUT2D eigenvalue weighted by Crippen LogP contribution is 2.43. The maximum Gasteiger partial charge on any atom is 0.304 e. The van der Waals surface area contributed by atoms with Crippen molar-refractivity contribution < 1.29 is 19.5 Å². The smallest absolute Gasteiger partial charge is 0.304 e. The Morgan fingerprint density at radius 2 is 2.29 bits per heavy atom. The largest absolute Gasteiger partial charge is 0.481 e. The normalized spacial score (nSPS) is 20.9. The molecule has 2 aliphatic rings. The van der Waals surface area contributed by atoms with Crippen molar-refractivity contribution in [3.05, 3.63) is 40.7 Å². The summed E-state index contributed by atoms with van der Waals surface area (Å²) < 4.78 is 0. The molecule has 3 rings (SSSR count). The molecule has 1 unspecified atom stereocenters. The van der Waals surface area contributed by atoms with Crippen LogP contribution in [0.1, 0.15) is 16.8 Å². The molecule has 108 valence electrons. The number of hydrogen-bond donors (Lipinski definition) is 1. The highest BCUT2D eigenvalue weighted by molar-refractivity contribution is 8.03. The van der Waals surface area contributed by atoms with Gasteiger partial charge >= 0.3 is 5.97 Å². The van der Waals surface area contributed by atoms with E-state index in [0.29, 0.717) is 22.7 Å². The topological polar surface area (TPSA) is 87.6 Å². The Bertz CT molecular complexity index is 656. The molecule has 0 bridgehead atoms. The third-order valence-electron chi connectivity index (χ3n) is 3.49. The lowest BCUT2D eigenvalue weighted by Crippen LogP contribution is -2.29. The second kappa shape index (κ2) is 5.33. The minimum atomic E-state index is -1.09. The molecule has 21 heavy (non-hydrogen) atoms. The van der Waals surface area contributed by atoms with E-state index in [2.05, 4.69) is 4.98 Å². The third-order valence-corrected chi connectivity index (χ3v) is 4.59. The summed E-state index contributed by atoms with van der Waals surface area (Å²) in [4.78, 5) is 41.4. The Morgan fingerprint density at radius 3 is 2.95 bits per heavy atom. The number of aliphatic carboxylic acids is 1. The molecular weight excluding hydrogens is 292 g/mol. The number of ketones is 1. The van der Waals surface area contributed by atoms with Crippen molar-refractivity contribution in [2.45, 2.75) is 6.42 Å². The van der Waals surface area contributed by atoms with Gasteiger partial charge in [0.1, 0.15) is 0 Å². The van der Waals surface area contributed by atoms with Crippen LogP contribution >= 0.6 is 11.8 Å². The first kappa shape index (κ1) is 13.8. The predicted molar refractivity (Wildman–Crippen MR) is 75.5 cm³/mol. The standard InChI is InChI=1S/C14H12N2O4S/c17-10(18)6-9-11(12(19)8-2-1-3-15-7-8)14-16(13(9)20)4-5-21-14/h1-3,7,9H,4-6H2,(H,17,18). The Hall–Kier alpha value is -2.15. The van der Waals surface area contributed by atoms with Crippen LogP contribution in [0.3, 0.4) is 0 Å². The number of carboxylic acids is 1. The van der Waals surface area contributed by atoms with E-state index in [1.165, 1.54) is 22.9 Å². The van der Waals surface area contributed by atoms with Crippen LogP contribution in [-0.4, -0.2) is 44.9 Å². The minimum Gasteiger partial charge on any atom is -0.481 e. The van der Waals surface area contributed by atoms with Gasteiger partial charge in [0, 0.05) is 35.8 Å². The maximum atomic E-state index is 12.6. The van der Waals surface area contributed by atoms with E-state index >= 15 is 0 Å². The van der Waals surface area contributed by atoms with Gasteiger partial charge in [-0.25, -0.2) is 0 Å². The van der Waals surface area contributed by atoms with Gasteiger partial charge in [0.25, 0.3) is 0 Å². The van der Waals surface area contributed by atoms with Crippen LogP contribution < -0.4 is 0 Å². The van der Waals surface area contributed by atoms with Gasteiger partial charge in [-0.2, -0.15) is 0 Å². The van der Waals surface area contributed by atoms with Crippen molar-refractivity contribution in [3.63, 3.8) is 0 Å². The number of carbonyl (C=O) groups is 3. The molecule has 1 atom stereocenters. The number of fused-ring (bicyclic) bond motifs is 1. The number of thioether (sulfide) groups is 1. The van der Waals surface area contributed by atoms with Crippen molar-refractivity contribution in [1.82, 2.24) is 9.88 Å². The molecule has 1 aromatic rings. The SMILES string of the molecule is O=C(O)CC1C(=O)N2CCSC2=C1C(=O)c1cccnc1. The van der Waals surface area contributed by atoms with Crippen LogP contribution in [0.25, 0.3) is 0 Å². The summed E-state index contributed by atoms with van der Waals surface area (Å²) in [5.74, 6) is -1.85. The van der Waals surface area contributed by atoms with E-state index in [0.717, 1.165) is 5.75 Å². The number of nitrogens with zero attached hydrogens (tertiary/aromatic N) is 2. The van der Waals surface area contributed by atoms with Gasteiger partial charge in [0.05, 0.1) is 17.4 Å². The number of amides is 1.